The van der Waals surface area contributed by atoms with Crippen molar-refractivity contribution >= 4 is 14.0 Å². The molecule has 0 saturated carbocycles. The molecule has 0 saturated heterocycles. The Morgan fingerprint density at radius 3 is 2.14 bits per heavy atom. The lowest BCUT2D eigenvalue weighted by Crippen LogP contribution is -2.33. The molecule has 0 aromatic heterocycles. The van der Waals surface area contributed by atoms with Crippen molar-refractivity contribution in [3.63, 3.8) is 0 Å². The third-order valence-electron chi connectivity index (χ3n) is 1.97. The Kier molecular flexibility index (Phi) is 5.12. The maximum Gasteiger partial charge on any atom is 0.309 e. The summed E-state index contributed by atoms with van der Waals surface area (Å²) in [5.74, 6) is -0.0622. The largest absolute Gasteiger partial charge is 0.466 e. The predicted molar refractivity (Wildman–Crippen MR) is 63.2 cm³/mol. The van der Waals surface area contributed by atoms with Crippen molar-refractivity contribution in [3.8, 4) is 0 Å². The van der Waals surface area contributed by atoms with Crippen LogP contribution in [-0.2, 0) is 9.53 Å². The van der Waals surface area contributed by atoms with Crippen LogP contribution in [0.1, 0.15) is 20.8 Å². The summed E-state index contributed by atoms with van der Waals surface area (Å²) in [5.41, 5.74) is 1.18. The van der Waals surface area contributed by atoms with Crippen LogP contribution in [0.3, 0.4) is 0 Å². The number of esters is 1. The highest BCUT2D eigenvalue weighted by Crippen LogP contribution is 2.26. The Balaban J connectivity index is 4.74. The van der Waals surface area contributed by atoms with Gasteiger partial charge in [0.25, 0.3) is 0 Å². The zero-order valence-electron chi connectivity index (χ0n) is 10.2. The molecular weight excluding hydrogens is 192 g/mol. The molecule has 1 atom stereocenters. The van der Waals surface area contributed by atoms with E-state index in [0.29, 0.717) is 6.61 Å². The average molecular weight is 214 g/mol. The number of carbonyl (C=O) groups excluding carboxylic acids is 1. The van der Waals surface area contributed by atoms with E-state index in [4.69, 9.17) is 4.74 Å². The monoisotopic (exact) mass is 214 g/mol. The van der Waals surface area contributed by atoms with E-state index in [0.717, 1.165) is 0 Å². The van der Waals surface area contributed by atoms with Gasteiger partial charge < -0.3 is 4.74 Å². The van der Waals surface area contributed by atoms with Crippen molar-refractivity contribution in [2.75, 3.05) is 6.61 Å². The lowest BCUT2D eigenvalue weighted by molar-refractivity contribution is -0.142. The molecule has 0 aromatic rings. The molecule has 0 spiro atoms. The molecule has 0 heterocycles. The number of allylic oxidation sites excluding steroid dienone is 1. The van der Waals surface area contributed by atoms with Gasteiger partial charge in [-0.3, -0.25) is 4.79 Å². The molecule has 0 aliphatic heterocycles. The van der Waals surface area contributed by atoms with E-state index in [2.05, 4.69) is 19.6 Å². The number of hydrogen-bond acceptors (Lipinski definition) is 2. The summed E-state index contributed by atoms with van der Waals surface area (Å²) < 4.78 is 5.08. The lowest BCUT2D eigenvalue weighted by Gasteiger charge is -2.24. The van der Waals surface area contributed by atoms with Crippen LogP contribution in [0, 0.1) is 0 Å². The zero-order valence-corrected chi connectivity index (χ0v) is 11.2. The van der Waals surface area contributed by atoms with Gasteiger partial charge in [0.05, 0.1) is 20.2 Å². The van der Waals surface area contributed by atoms with Gasteiger partial charge in [0, 0.05) is 0 Å². The number of ether oxygens (including phenoxy) is 1. The Hall–Kier alpha value is -0.573. The molecule has 0 fully saturated rings. The van der Waals surface area contributed by atoms with Crippen LogP contribution >= 0.6 is 0 Å². The van der Waals surface area contributed by atoms with E-state index in [1.54, 1.807) is 0 Å². The Morgan fingerprint density at radius 1 is 1.36 bits per heavy atom. The van der Waals surface area contributed by atoms with Crippen molar-refractivity contribution < 1.29 is 9.53 Å². The summed E-state index contributed by atoms with van der Waals surface area (Å²) >= 11 is 0. The molecule has 0 N–H and O–H groups in total. The fourth-order valence-electron chi connectivity index (χ4n) is 1.24. The minimum absolute atomic E-state index is 0.00699. The third-order valence-corrected chi connectivity index (χ3v) is 4.24. The van der Waals surface area contributed by atoms with Crippen molar-refractivity contribution in [1.29, 1.82) is 0 Å². The Labute approximate surface area is 88.4 Å². The molecule has 3 heteroatoms. The quantitative estimate of drug-likeness (QED) is 0.408. The van der Waals surface area contributed by atoms with E-state index < -0.39 is 8.07 Å². The van der Waals surface area contributed by atoms with Crippen LogP contribution in [-0.4, -0.2) is 20.7 Å². The van der Waals surface area contributed by atoms with Gasteiger partial charge in [-0.05, 0) is 20.8 Å². The highest BCUT2D eigenvalue weighted by molar-refractivity contribution is 6.80. The molecular formula is C11H22O2Si. The average Bonchev–Trinajstić information content (AvgIpc) is 1.98. The van der Waals surface area contributed by atoms with Crippen LogP contribution in [0.15, 0.2) is 11.6 Å². The predicted octanol–water partition coefficient (Wildman–Crippen LogP) is 3.22. The first-order chi connectivity index (χ1) is 6.29. The second kappa shape index (κ2) is 5.34. The standard InChI is InChI=1S/C11H22O2Si/c1-7-13-11(12)10(8-9(2)3)14(4,5)6/h8,10H,7H2,1-6H3. The summed E-state index contributed by atoms with van der Waals surface area (Å²) in [6.07, 6.45) is 2.05. The van der Waals surface area contributed by atoms with E-state index in [1.165, 1.54) is 5.57 Å². The molecule has 82 valence electrons. The van der Waals surface area contributed by atoms with Gasteiger partial charge in [-0.15, -0.1) is 0 Å². The van der Waals surface area contributed by atoms with E-state index in [9.17, 15) is 4.79 Å². The SMILES string of the molecule is CCOC(=O)C(C=C(C)C)[Si](C)(C)C. The normalized spacial score (nSPS) is 13.3. The number of hydrogen-bond donors (Lipinski definition) is 0. The van der Waals surface area contributed by atoms with Crippen LogP contribution < -0.4 is 0 Å². The first-order valence-electron chi connectivity index (χ1n) is 5.10. The van der Waals surface area contributed by atoms with Gasteiger partial charge in [0.2, 0.25) is 0 Å². The van der Waals surface area contributed by atoms with Crippen molar-refractivity contribution in [3.05, 3.63) is 11.6 Å². The molecule has 0 aliphatic rings. The molecule has 0 bridgehead atoms. The molecule has 2 nitrogen and oxygen atoms in total. The van der Waals surface area contributed by atoms with Crippen LogP contribution in [0.4, 0.5) is 0 Å². The highest BCUT2D eigenvalue weighted by atomic mass is 28.3. The summed E-state index contributed by atoms with van der Waals surface area (Å²) in [5, 5.41) is 0. The second-order valence-electron chi connectivity index (χ2n) is 4.84. The zero-order chi connectivity index (χ0) is 11.4. The number of rotatable bonds is 4. The molecule has 1 unspecified atom stereocenters. The lowest BCUT2D eigenvalue weighted by atomic mass is 10.2. The molecule has 0 amide bonds. The Bertz CT molecular complexity index is 222. The summed E-state index contributed by atoms with van der Waals surface area (Å²) in [6, 6.07) is 0. The number of carbonyl (C=O) groups is 1. The van der Waals surface area contributed by atoms with E-state index in [1.807, 2.05) is 26.8 Å². The molecule has 0 aliphatic carbocycles. The Morgan fingerprint density at radius 2 is 1.86 bits per heavy atom. The van der Waals surface area contributed by atoms with Crippen molar-refractivity contribution in [1.82, 2.24) is 0 Å². The summed E-state index contributed by atoms with van der Waals surface area (Å²) in [7, 11) is -1.50. The van der Waals surface area contributed by atoms with Gasteiger partial charge in [-0.25, -0.2) is 0 Å². The van der Waals surface area contributed by atoms with Gasteiger partial charge in [0.1, 0.15) is 0 Å². The second-order valence-corrected chi connectivity index (χ2v) is 10.2. The summed E-state index contributed by atoms with van der Waals surface area (Å²) in [6.45, 7) is 12.9. The van der Waals surface area contributed by atoms with Gasteiger partial charge >= 0.3 is 5.97 Å². The van der Waals surface area contributed by atoms with Gasteiger partial charge in [0.15, 0.2) is 0 Å². The van der Waals surface area contributed by atoms with Crippen molar-refractivity contribution in [2.45, 2.75) is 46.0 Å². The van der Waals surface area contributed by atoms with Crippen LogP contribution in [0.5, 0.6) is 0 Å². The molecule has 0 aromatic carbocycles. The maximum absolute atomic E-state index is 11.7. The topological polar surface area (TPSA) is 26.3 Å². The fraction of sp³-hybridized carbons (Fsp3) is 0.727. The molecule has 0 radical (unpaired) electrons. The van der Waals surface area contributed by atoms with E-state index in [-0.39, 0.29) is 11.5 Å². The van der Waals surface area contributed by atoms with E-state index >= 15 is 0 Å². The van der Waals surface area contributed by atoms with Crippen LogP contribution in [0.2, 0.25) is 25.2 Å². The highest BCUT2D eigenvalue weighted by Gasteiger charge is 2.32. The molecule has 14 heavy (non-hydrogen) atoms. The molecule has 0 rings (SSSR count). The van der Waals surface area contributed by atoms with Crippen molar-refractivity contribution in [2.24, 2.45) is 0 Å². The van der Waals surface area contributed by atoms with Gasteiger partial charge in [-0.1, -0.05) is 31.3 Å². The minimum Gasteiger partial charge on any atom is -0.466 e. The fourth-order valence-corrected chi connectivity index (χ4v) is 2.86. The first-order valence-corrected chi connectivity index (χ1v) is 8.68. The smallest absolute Gasteiger partial charge is 0.309 e. The summed E-state index contributed by atoms with van der Waals surface area (Å²) in [4.78, 5) is 11.7. The minimum atomic E-state index is -1.50. The maximum atomic E-state index is 11.7. The van der Waals surface area contributed by atoms with Gasteiger partial charge in [-0.2, -0.15) is 0 Å². The first kappa shape index (κ1) is 13.4. The van der Waals surface area contributed by atoms with Crippen LogP contribution in [0.25, 0.3) is 0 Å². The third kappa shape index (κ3) is 4.60.